The van der Waals surface area contributed by atoms with Crippen LogP contribution >= 0.6 is 12.8 Å². The molecule has 0 saturated carbocycles. The summed E-state index contributed by atoms with van der Waals surface area (Å²) in [6, 6.07) is 1.47. The van der Waals surface area contributed by atoms with E-state index in [-0.39, 0.29) is 0 Å². The minimum atomic E-state index is 0.380. The molecule has 0 fully saturated rings. The number of thiol groups is 1. The molecule has 0 aliphatic carbocycles. The summed E-state index contributed by atoms with van der Waals surface area (Å²) in [7, 11) is 0. The second kappa shape index (κ2) is 2.70. The van der Waals surface area contributed by atoms with E-state index in [0.717, 1.165) is 0 Å². The highest BCUT2D eigenvalue weighted by atomic mass is 32.1. The molecule has 0 bridgehead atoms. The number of hydrogen-bond acceptors (Lipinski definition) is 3. The molecule has 0 spiro atoms. The molecule has 10 heavy (non-hydrogen) atoms. The maximum Gasteiger partial charge on any atom is 0.167 e. The Kier molecular flexibility index (Phi) is 1.91. The smallest absolute Gasteiger partial charge is 0.167 e. The summed E-state index contributed by atoms with van der Waals surface area (Å²) in [6.45, 7) is 0. The van der Waals surface area contributed by atoms with Gasteiger partial charge in [-0.1, -0.05) is 12.8 Å². The molecule has 0 saturated heterocycles. The van der Waals surface area contributed by atoms with Gasteiger partial charge in [-0.25, -0.2) is 0 Å². The topological polar surface area (TPSA) is 39.1 Å². The molecule has 1 rings (SSSR count). The zero-order valence-electron chi connectivity index (χ0n) is 5.02. The van der Waals surface area contributed by atoms with Crippen LogP contribution in [0.5, 0.6) is 0 Å². The molecule has 52 valence electrons. The van der Waals surface area contributed by atoms with Gasteiger partial charge in [0.2, 0.25) is 0 Å². The van der Waals surface area contributed by atoms with Gasteiger partial charge in [0.15, 0.2) is 12.6 Å². The van der Waals surface area contributed by atoms with Crippen molar-refractivity contribution in [1.29, 1.82) is 0 Å². The number of nitrogens with zero attached hydrogens (tertiary/aromatic N) is 1. The van der Waals surface area contributed by atoms with Gasteiger partial charge in [-0.3, -0.25) is 13.6 Å². The van der Waals surface area contributed by atoms with Gasteiger partial charge in [-0.15, -0.1) is 0 Å². The molecule has 0 atom stereocenters. The van der Waals surface area contributed by atoms with Gasteiger partial charge < -0.3 is 0 Å². The molecule has 0 unspecified atom stereocenters. The monoisotopic (exact) mass is 155 g/mol. The minimum absolute atomic E-state index is 0.380. The minimum Gasteiger partial charge on any atom is -0.298 e. The summed E-state index contributed by atoms with van der Waals surface area (Å²) in [5.74, 6) is 0. The Morgan fingerprint density at radius 1 is 1.40 bits per heavy atom. The van der Waals surface area contributed by atoms with Crippen LogP contribution in [0.4, 0.5) is 0 Å². The third kappa shape index (κ3) is 1.11. The molecule has 1 heterocycles. The molecule has 0 aliphatic rings. The highest BCUT2D eigenvalue weighted by molar-refractivity contribution is 7.78. The van der Waals surface area contributed by atoms with Crippen LogP contribution in [0.1, 0.15) is 20.8 Å². The van der Waals surface area contributed by atoms with E-state index < -0.39 is 0 Å². The second-order valence-corrected chi connectivity index (χ2v) is 2.21. The first-order valence-corrected chi connectivity index (χ1v) is 3.00. The van der Waals surface area contributed by atoms with Crippen LogP contribution in [0.25, 0.3) is 0 Å². The maximum atomic E-state index is 10.2. The van der Waals surface area contributed by atoms with E-state index >= 15 is 0 Å². The number of hydrogen-bond donors (Lipinski definition) is 1. The first-order chi connectivity index (χ1) is 4.77. The molecule has 0 amide bonds. The van der Waals surface area contributed by atoms with Crippen LogP contribution in [0.2, 0.25) is 0 Å². The predicted octanol–water partition coefficient (Wildman–Crippen LogP) is 0.806. The average molecular weight is 155 g/mol. The summed E-state index contributed by atoms with van der Waals surface area (Å²) in [5, 5.41) is 0. The maximum absolute atomic E-state index is 10.2. The van der Waals surface area contributed by atoms with E-state index in [0.29, 0.717) is 23.8 Å². The Morgan fingerprint density at radius 3 is 2.40 bits per heavy atom. The van der Waals surface area contributed by atoms with E-state index in [1.165, 1.54) is 16.2 Å². The van der Waals surface area contributed by atoms with Crippen molar-refractivity contribution in [2.75, 3.05) is 0 Å². The predicted molar refractivity (Wildman–Crippen MR) is 39.6 cm³/mol. The van der Waals surface area contributed by atoms with Gasteiger partial charge in [0.05, 0.1) is 5.69 Å². The molecule has 0 radical (unpaired) electrons. The number of carbonyl (C=O) groups is 2. The Morgan fingerprint density at radius 2 is 2.10 bits per heavy atom. The molecule has 0 aliphatic heterocycles. The fourth-order valence-corrected chi connectivity index (χ4v) is 0.881. The van der Waals surface area contributed by atoms with Crippen molar-refractivity contribution in [3.63, 3.8) is 0 Å². The van der Waals surface area contributed by atoms with Crippen molar-refractivity contribution in [3.05, 3.63) is 23.5 Å². The molecular formula is C6H5NO2S. The van der Waals surface area contributed by atoms with Crippen molar-refractivity contribution in [2.45, 2.75) is 0 Å². The van der Waals surface area contributed by atoms with Crippen molar-refractivity contribution < 1.29 is 9.59 Å². The third-order valence-electron chi connectivity index (χ3n) is 1.11. The van der Waals surface area contributed by atoms with E-state index in [4.69, 9.17) is 0 Å². The zero-order chi connectivity index (χ0) is 7.56. The molecule has 3 nitrogen and oxygen atoms in total. The van der Waals surface area contributed by atoms with Gasteiger partial charge in [0, 0.05) is 11.8 Å². The Hall–Kier alpha value is -1.03. The summed E-state index contributed by atoms with van der Waals surface area (Å²) in [5.41, 5.74) is 0.836. The molecule has 1 aromatic rings. The average Bonchev–Trinajstić information content (AvgIpc) is 2.30. The Balaban J connectivity index is 3.15. The van der Waals surface area contributed by atoms with Crippen LogP contribution in [0.15, 0.2) is 12.3 Å². The second-order valence-electron chi connectivity index (χ2n) is 1.78. The molecule has 0 N–H and O–H groups in total. The van der Waals surface area contributed by atoms with E-state index in [1.807, 2.05) is 0 Å². The normalized spacial score (nSPS) is 9.30. The SMILES string of the molecule is O=Cc1cc(C=O)n(S)c1. The highest BCUT2D eigenvalue weighted by Crippen LogP contribution is 2.04. The summed E-state index contributed by atoms with van der Waals surface area (Å²) in [4.78, 5) is 20.3. The summed E-state index contributed by atoms with van der Waals surface area (Å²) < 4.78 is 1.30. The van der Waals surface area contributed by atoms with Crippen LogP contribution < -0.4 is 0 Å². The number of carbonyl (C=O) groups excluding carboxylic acids is 2. The van der Waals surface area contributed by atoms with E-state index in [2.05, 4.69) is 12.8 Å². The van der Waals surface area contributed by atoms with Gasteiger partial charge in [-0.05, 0) is 6.07 Å². The molecule has 1 aromatic heterocycles. The number of aldehydes is 2. The van der Waals surface area contributed by atoms with E-state index in [1.54, 1.807) is 0 Å². The lowest BCUT2D eigenvalue weighted by Gasteiger charge is -1.86. The van der Waals surface area contributed by atoms with Crippen LogP contribution in [0, 0.1) is 0 Å². The quantitative estimate of drug-likeness (QED) is 0.507. The lowest BCUT2D eigenvalue weighted by atomic mass is 10.3. The van der Waals surface area contributed by atoms with Crippen molar-refractivity contribution >= 4 is 25.4 Å². The standard InChI is InChI=1S/C6H5NO2S/c8-3-5-1-6(4-9)7(10)2-5/h1-4,10H. The van der Waals surface area contributed by atoms with Crippen LogP contribution in [-0.4, -0.2) is 16.5 Å². The van der Waals surface area contributed by atoms with Crippen LogP contribution in [0.3, 0.4) is 0 Å². The molecular weight excluding hydrogens is 150 g/mol. The fraction of sp³-hybridized carbons (Fsp3) is 0. The lowest BCUT2D eigenvalue weighted by molar-refractivity contribution is 0.111. The molecule has 0 aromatic carbocycles. The highest BCUT2D eigenvalue weighted by Gasteiger charge is 1.99. The van der Waals surface area contributed by atoms with Gasteiger partial charge >= 0.3 is 0 Å². The third-order valence-corrected chi connectivity index (χ3v) is 1.45. The van der Waals surface area contributed by atoms with Crippen molar-refractivity contribution in [3.8, 4) is 0 Å². The van der Waals surface area contributed by atoms with E-state index in [9.17, 15) is 9.59 Å². The number of rotatable bonds is 2. The first kappa shape index (κ1) is 7.08. The zero-order valence-corrected chi connectivity index (χ0v) is 5.91. The first-order valence-electron chi connectivity index (χ1n) is 2.60. The Bertz CT molecular complexity index is 267. The largest absolute Gasteiger partial charge is 0.298 e. The van der Waals surface area contributed by atoms with Crippen molar-refractivity contribution in [1.82, 2.24) is 3.97 Å². The molecule has 4 heteroatoms. The van der Waals surface area contributed by atoms with Crippen LogP contribution in [-0.2, 0) is 0 Å². The van der Waals surface area contributed by atoms with Gasteiger partial charge in [-0.2, -0.15) is 0 Å². The van der Waals surface area contributed by atoms with Gasteiger partial charge in [0.25, 0.3) is 0 Å². The Labute approximate surface area is 63.2 Å². The van der Waals surface area contributed by atoms with Gasteiger partial charge in [0.1, 0.15) is 0 Å². The summed E-state index contributed by atoms with van der Waals surface area (Å²) in [6.07, 6.45) is 2.78. The summed E-state index contributed by atoms with van der Waals surface area (Å²) >= 11 is 3.88. The fourth-order valence-electron chi connectivity index (χ4n) is 0.642. The number of aromatic nitrogens is 1. The van der Waals surface area contributed by atoms with Crippen molar-refractivity contribution in [2.24, 2.45) is 0 Å². The lowest BCUT2D eigenvalue weighted by Crippen LogP contribution is -1.83.